The fourth-order valence-corrected chi connectivity index (χ4v) is 4.52. The molecule has 2 saturated carbocycles. The van der Waals surface area contributed by atoms with Crippen molar-refractivity contribution in [2.75, 3.05) is 33.3 Å². The molecule has 128 valence electrons. The van der Waals surface area contributed by atoms with Gasteiger partial charge in [-0.25, -0.2) is 0 Å². The summed E-state index contributed by atoms with van der Waals surface area (Å²) in [6, 6.07) is 0. The van der Waals surface area contributed by atoms with Crippen LogP contribution < -0.4 is 0 Å². The molecule has 0 N–H and O–H groups in total. The van der Waals surface area contributed by atoms with Crippen LogP contribution in [0.4, 0.5) is 0 Å². The zero-order valence-electron chi connectivity index (χ0n) is 14.1. The van der Waals surface area contributed by atoms with Gasteiger partial charge in [0.25, 0.3) is 0 Å². The van der Waals surface area contributed by atoms with Crippen LogP contribution in [0.2, 0.25) is 0 Å². The molecule has 5 heteroatoms. The zero-order valence-corrected chi connectivity index (χ0v) is 14.1. The van der Waals surface area contributed by atoms with Crippen molar-refractivity contribution in [2.45, 2.75) is 50.5 Å². The third-order valence-electron chi connectivity index (χ3n) is 6.54. The Kier molecular flexibility index (Phi) is 3.87. The number of amides is 2. The molecular formula is C18H28N2O3. The zero-order chi connectivity index (χ0) is 16.0. The summed E-state index contributed by atoms with van der Waals surface area (Å²) < 4.78 is 5.59. The van der Waals surface area contributed by atoms with E-state index in [0.717, 1.165) is 51.2 Å². The highest BCUT2D eigenvalue weighted by molar-refractivity contribution is 5.83. The SMILES string of the molecule is COC1(CC(=O)N2CC3CCN(CC4CC4)C(=O)C3C2)CCC1. The fourth-order valence-electron chi connectivity index (χ4n) is 4.52. The third kappa shape index (κ3) is 2.88. The van der Waals surface area contributed by atoms with E-state index in [2.05, 4.69) is 4.90 Å². The quantitative estimate of drug-likeness (QED) is 0.774. The Hall–Kier alpha value is -1.10. The molecule has 2 amide bonds. The van der Waals surface area contributed by atoms with Gasteiger partial charge in [0.15, 0.2) is 0 Å². The lowest BCUT2D eigenvalue weighted by Crippen LogP contribution is -2.46. The van der Waals surface area contributed by atoms with E-state index in [0.29, 0.717) is 24.8 Å². The predicted octanol–water partition coefficient (Wildman–Crippen LogP) is 1.66. The minimum atomic E-state index is -0.215. The summed E-state index contributed by atoms with van der Waals surface area (Å²) >= 11 is 0. The van der Waals surface area contributed by atoms with Crippen molar-refractivity contribution < 1.29 is 14.3 Å². The van der Waals surface area contributed by atoms with E-state index in [1.54, 1.807) is 7.11 Å². The van der Waals surface area contributed by atoms with Crippen LogP contribution in [0.1, 0.15) is 44.9 Å². The molecule has 5 nitrogen and oxygen atoms in total. The van der Waals surface area contributed by atoms with E-state index in [4.69, 9.17) is 4.74 Å². The van der Waals surface area contributed by atoms with Crippen LogP contribution in [-0.2, 0) is 14.3 Å². The molecule has 2 atom stereocenters. The molecule has 2 aliphatic carbocycles. The number of methoxy groups -OCH3 is 1. The van der Waals surface area contributed by atoms with Crippen molar-refractivity contribution >= 4 is 11.8 Å². The molecule has 4 rings (SSSR count). The number of rotatable bonds is 5. The van der Waals surface area contributed by atoms with Crippen molar-refractivity contribution in [1.82, 2.24) is 9.80 Å². The molecule has 0 radical (unpaired) electrons. The second-order valence-electron chi connectivity index (χ2n) is 8.10. The Morgan fingerprint density at radius 1 is 1.26 bits per heavy atom. The highest BCUT2D eigenvalue weighted by atomic mass is 16.5. The molecule has 4 fully saturated rings. The van der Waals surface area contributed by atoms with Crippen LogP contribution in [-0.4, -0.2) is 60.5 Å². The standard InChI is InChI=1S/C18H28N2O3/c1-23-18(6-2-7-18)9-16(21)20-11-14-5-8-19(10-13-3-4-13)17(22)15(14)12-20/h13-15H,2-12H2,1H3. The first kappa shape index (κ1) is 15.4. The monoisotopic (exact) mass is 320 g/mol. The second kappa shape index (κ2) is 5.76. The van der Waals surface area contributed by atoms with Crippen molar-refractivity contribution in [3.05, 3.63) is 0 Å². The molecule has 0 spiro atoms. The van der Waals surface area contributed by atoms with Gasteiger partial charge in [0.2, 0.25) is 11.8 Å². The van der Waals surface area contributed by atoms with E-state index in [9.17, 15) is 9.59 Å². The van der Waals surface area contributed by atoms with Gasteiger partial charge in [0.1, 0.15) is 0 Å². The average Bonchev–Trinajstić information content (AvgIpc) is 3.21. The molecule has 0 bridgehead atoms. The van der Waals surface area contributed by atoms with Crippen LogP contribution in [0.25, 0.3) is 0 Å². The summed E-state index contributed by atoms with van der Waals surface area (Å²) in [5, 5.41) is 0. The lowest BCUT2D eigenvalue weighted by Gasteiger charge is -2.40. The van der Waals surface area contributed by atoms with E-state index in [1.165, 1.54) is 12.8 Å². The summed E-state index contributed by atoms with van der Waals surface area (Å²) in [6.45, 7) is 3.24. The first-order chi connectivity index (χ1) is 11.1. The minimum Gasteiger partial charge on any atom is -0.378 e. The lowest BCUT2D eigenvalue weighted by molar-refractivity contribution is -0.143. The molecule has 4 aliphatic rings. The van der Waals surface area contributed by atoms with E-state index >= 15 is 0 Å². The fraction of sp³-hybridized carbons (Fsp3) is 0.889. The highest BCUT2D eigenvalue weighted by Gasteiger charge is 2.47. The largest absolute Gasteiger partial charge is 0.378 e. The molecule has 2 saturated heterocycles. The summed E-state index contributed by atoms with van der Waals surface area (Å²) in [4.78, 5) is 29.4. The number of piperidine rings is 1. The summed E-state index contributed by atoms with van der Waals surface area (Å²) in [5.74, 6) is 1.65. The van der Waals surface area contributed by atoms with E-state index in [-0.39, 0.29) is 17.4 Å². The summed E-state index contributed by atoms with van der Waals surface area (Å²) in [5.41, 5.74) is -0.215. The van der Waals surface area contributed by atoms with Crippen LogP contribution in [0.15, 0.2) is 0 Å². The normalized spacial score (nSPS) is 32.7. The van der Waals surface area contributed by atoms with Gasteiger partial charge < -0.3 is 14.5 Å². The maximum Gasteiger partial charge on any atom is 0.227 e. The van der Waals surface area contributed by atoms with Gasteiger partial charge >= 0.3 is 0 Å². The molecular weight excluding hydrogens is 292 g/mol. The number of nitrogens with zero attached hydrogens (tertiary/aromatic N) is 2. The molecule has 2 unspecified atom stereocenters. The Bertz CT molecular complexity index is 493. The van der Waals surface area contributed by atoms with Gasteiger partial charge in [-0.3, -0.25) is 9.59 Å². The smallest absolute Gasteiger partial charge is 0.227 e. The first-order valence-corrected chi connectivity index (χ1v) is 9.22. The summed E-state index contributed by atoms with van der Waals surface area (Å²) in [6.07, 6.45) is 7.24. The molecule has 23 heavy (non-hydrogen) atoms. The molecule has 0 aromatic rings. The van der Waals surface area contributed by atoms with Crippen molar-refractivity contribution in [3.8, 4) is 0 Å². The number of likely N-dealkylation sites (tertiary alicyclic amines) is 2. The van der Waals surface area contributed by atoms with Crippen LogP contribution >= 0.6 is 0 Å². The maximum absolute atomic E-state index is 12.7. The van der Waals surface area contributed by atoms with Gasteiger partial charge in [-0.15, -0.1) is 0 Å². The van der Waals surface area contributed by atoms with Gasteiger partial charge in [0.05, 0.1) is 17.9 Å². The molecule has 0 aromatic carbocycles. The number of ether oxygens (including phenoxy) is 1. The number of carbonyl (C=O) groups excluding carboxylic acids is 2. The molecule has 2 aliphatic heterocycles. The predicted molar refractivity (Wildman–Crippen MR) is 85.7 cm³/mol. The molecule has 0 aromatic heterocycles. The van der Waals surface area contributed by atoms with Crippen LogP contribution in [0.5, 0.6) is 0 Å². The number of fused-ring (bicyclic) bond motifs is 1. The maximum atomic E-state index is 12.7. The van der Waals surface area contributed by atoms with Crippen molar-refractivity contribution in [3.63, 3.8) is 0 Å². The van der Waals surface area contributed by atoms with Crippen LogP contribution in [0, 0.1) is 17.8 Å². The summed E-state index contributed by atoms with van der Waals surface area (Å²) in [7, 11) is 1.72. The van der Waals surface area contributed by atoms with E-state index < -0.39 is 0 Å². The van der Waals surface area contributed by atoms with Gasteiger partial charge in [0, 0.05) is 33.3 Å². The number of hydrogen-bond donors (Lipinski definition) is 0. The second-order valence-corrected chi connectivity index (χ2v) is 8.10. The molecule has 2 heterocycles. The van der Waals surface area contributed by atoms with E-state index in [1.807, 2.05) is 4.90 Å². The Morgan fingerprint density at radius 3 is 2.65 bits per heavy atom. The van der Waals surface area contributed by atoms with Gasteiger partial charge in [-0.1, -0.05) is 0 Å². The van der Waals surface area contributed by atoms with Crippen molar-refractivity contribution in [1.29, 1.82) is 0 Å². The van der Waals surface area contributed by atoms with Crippen molar-refractivity contribution in [2.24, 2.45) is 17.8 Å². The minimum absolute atomic E-state index is 0.0475. The number of hydrogen-bond acceptors (Lipinski definition) is 3. The topological polar surface area (TPSA) is 49.9 Å². The number of carbonyl (C=O) groups is 2. The third-order valence-corrected chi connectivity index (χ3v) is 6.54. The highest BCUT2D eigenvalue weighted by Crippen LogP contribution is 2.40. The Balaban J connectivity index is 1.36. The average molecular weight is 320 g/mol. The Labute approximate surface area is 138 Å². The van der Waals surface area contributed by atoms with Crippen LogP contribution in [0.3, 0.4) is 0 Å². The Morgan fingerprint density at radius 2 is 2.04 bits per heavy atom. The first-order valence-electron chi connectivity index (χ1n) is 9.22. The lowest BCUT2D eigenvalue weighted by atomic mass is 9.77. The van der Waals surface area contributed by atoms with Gasteiger partial charge in [-0.2, -0.15) is 0 Å². The van der Waals surface area contributed by atoms with Gasteiger partial charge in [-0.05, 0) is 50.4 Å².